The van der Waals surface area contributed by atoms with Crippen molar-refractivity contribution in [3.63, 3.8) is 0 Å². The number of amides is 1. The van der Waals surface area contributed by atoms with E-state index in [-0.39, 0.29) is 0 Å². The van der Waals surface area contributed by atoms with Crippen LogP contribution in [0.1, 0.15) is 0 Å². The van der Waals surface area contributed by atoms with Crippen molar-refractivity contribution in [2.45, 2.75) is 0 Å². The third-order valence-electron chi connectivity index (χ3n) is 2.12. The standard InChI is InChI=1S/C12H11NO3/c1-15-12(14)13-10-6-4-9(5-7-10)11-3-2-8-16-11/h2-8H,1H3,(H,13,14). The van der Waals surface area contributed by atoms with Crippen LogP contribution < -0.4 is 5.32 Å². The van der Waals surface area contributed by atoms with Gasteiger partial charge >= 0.3 is 6.09 Å². The third kappa shape index (κ3) is 2.23. The summed E-state index contributed by atoms with van der Waals surface area (Å²) in [5, 5.41) is 2.57. The summed E-state index contributed by atoms with van der Waals surface area (Å²) in [4.78, 5) is 10.9. The number of anilines is 1. The van der Waals surface area contributed by atoms with Crippen LogP contribution in [0, 0.1) is 0 Å². The van der Waals surface area contributed by atoms with Crippen LogP contribution in [-0.4, -0.2) is 13.2 Å². The number of ether oxygens (including phenoxy) is 1. The van der Waals surface area contributed by atoms with Gasteiger partial charge in [-0.3, -0.25) is 5.32 Å². The van der Waals surface area contributed by atoms with Gasteiger partial charge in [0.25, 0.3) is 0 Å². The number of nitrogens with one attached hydrogen (secondary N) is 1. The van der Waals surface area contributed by atoms with E-state index < -0.39 is 6.09 Å². The van der Waals surface area contributed by atoms with Gasteiger partial charge in [-0.2, -0.15) is 0 Å². The number of rotatable bonds is 2. The molecule has 0 fully saturated rings. The molecule has 2 aromatic rings. The van der Waals surface area contributed by atoms with Crippen LogP contribution in [0.3, 0.4) is 0 Å². The molecule has 82 valence electrons. The van der Waals surface area contributed by atoms with E-state index in [0.717, 1.165) is 11.3 Å². The molecule has 0 unspecified atom stereocenters. The van der Waals surface area contributed by atoms with Crippen molar-refractivity contribution in [3.05, 3.63) is 42.7 Å². The molecule has 0 saturated heterocycles. The molecule has 1 heterocycles. The first-order valence-corrected chi connectivity index (χ1v) is 4.78. The second kappa shape index (κ2) is 4.53. The molecule has 1 aromatic carbocycles. The van der Waals surface area contributed by atoms with Gasteiger partial charge in [0.05, 0.1) is 13.4 Å². The Bertz CT molecular complexity index is 460. The van der Waals surface area contributed by atoms with E-state index in [9.17, 15) is 4.79 Å². The summed E-state index contributed by atoms with van der Waals surface area (Å²) in [5.41, 5.74) is 1.64. The van der Waals surface area contributed by atoms with Crippen LogP contribution in [0.2, 0.25) is 0 Å². The summed E-state index contributed by atoms with van der Waals surface area (Å²) in [5.74, 6) is 0.796. The van der Waals surface area contributed by atoms with Gasteiger partial charge in [0, 0.05) is 11.3 Å². The van der Waals surface area contributed by atoms with E-state index in [0.29, 0.717) is 5.69 Å². The molecule has 4 heteroatoms. The van der Waals surface area contributed by atoms with Crippen molar-refractivity contribution in [2.24, 2.45) is 0 Å². The molecule has 1 aromatic heterocycles. The van der Waals surface area contributed by atoms with Gasteiger partial charge in [-0.25, -0.2) is 4.79 Å². The van der Waals surface area contributed by atoms with Gasteiger partial charge in [0.2, 0.25) is 0 Å². The normalized spacial score (nSPS) is 9.81. The highest BCUT2D eigenvalue weighted by atomic mass is 16.5. The first kappa shape index (κ1) is 10.3. The van der Waals surface area contributed by atoms with E-state index in [4.69, 9.17) is 4.42 Å². The van der Waals surface area contributed by atoms with Crippen molar-refractivity contribution in [1.29, 1.82) is 0 Å². The highest BCUT2D eigenvalue weighted by Gasteiger charge is 2.02. The summed E-state index contributed by atoms with van der Waals surface area (Å²) in [6.07, 6.45) is 1.14. The van der Waals surface area contributed by atoms with Crippen molar-refractivity contribution >= 4 is 11.8 Å². The Hall–Kier alpha value is -2.23. The molecule has 0 spiro atoms. The molecule has 0 radical (unpaired) electrons. The fourth-order valence-corrected chi connectivity index (χ4v) is 1.33. The zero-order chi connectivity index (χ0) is 11.4. The Kier molecular flexibility index (Phi) is 2.91. The predicted octanol–water partition coefficient (Wildman–Crippen LogP) is 3.12. The number of hydrogen-bond donors (Lipinski definition) is 1. The molecule has 1 N–H and O–H groups in total. The summed E-state index contributed by atoms with van der Waals surface area (Å²) >= 11 is 0. The molecule has 0 aliphatic rings. The molecule has 0 saturated carbocycles. The maximum atomic E-state index is 10.9. The Morgan fingerprint density at radius 3 is 2.56 bits per heavy atom. The fraction of sp³-hybridized carbons (Fsp3) is 0.0833. The van der Waals surface area contributed by atoms with Crippen molar-refractivity contribution in [3.8, 4) is 11.3 Å². The van der Waals surface area contributed by atoms with Crippen LogP contribution in [0.15, 0.2) is 47.1 Å². The lowest BCUT2D eigenvalue weighted by atomic mass is 10.1. The number of furan rings is 1. The molecular formula is C12H11NO3. The Morgan fingerprint density at radius 1 is 1.25 bits per heavy atom. The fourth-order valence-electron chi connectivity index (χ4n) is 1.33. The average Bonchev–Trinajstić information content (AvgIpc) is 2.83. The van der Waals surface area contributed by atoms with Crippen LogP contribution in [-0.2, 0) is 4.74 Å². The molecular weight excluding hydrogens is 206 g/mol. The quantitative estimate of drug-likeness (QED) is 0.840. The van der Waals surface area contributed by atoms with Crippen LogP contribution in [0.4, 0.5) is 10.5 Å². The minimum absolute atomic E-state index is 0.481. The maximum Gasteiger partial charge on any atom is 0.411 e. The van der Waals surface area contributed by atoms with E-state index >= 15 is 0 Å². The average molecular weight is 217 g/mol. The second-order valence-electron chi connectivity index (χ2n) is 3.17. The van der Waals surface area contributed by atoms with Gasteiger partial charge in [-0.1, -0.05) is 0 Å². The Labute approximate surface area is 92.8 Å². The lowest BCUT2D eigenvalue weighted by Crippen LogP contribution is -2.10. The van der Waals surface area contributed by atoms with Crippen LogP contribution >= 0.6 is 0 Å². The van der Waals surface area contributed by atoms with Crippen molar-refractivity contribution in [2.75, 3.05) is 12.4 Å². The van der Waals surface area contributed by atoms with Crippen molar-refractivity contribution in [1.82, 2.24) is 0 Å². The first-order valence-electron chi connectivity index (χ1n) is 4.78. The molecule has 16 heavy (non-hydrogen) atoms. The van der Waals surface area contributed by atoms with Gasteiger partial charge in [0.1, 0.15) is 5.76 Å². The number of benzene rings is 1. The summed E-state index contributed by atoms with van der Waals surface area (Å²) in [6, 6.07) is 11.0. The molecule has 0 bridgehead atoms. The molecule has 2 rings (SSSR count). The number of carbonyl (C=O) groups is 1. The van der Waals surface area contributed by atoms with Gasteiger partial charge in [0.15, 0.2) is 0 Å². The number of hydrogen-bond acceptors (Lipinski definition) is 3. The topological polar surface area (TPSA) is 51.5 Å². The third-order valence-corrected chi connectivity index (χ3v) is 2.12. The monoisotopic (exact) mass is 217 g/mol. The second-order valence-corrected chi connectivity index (χ2v) is 3.17. The highest BCUT2D eigenvalue weighted by molar-refractivity contribution is 5.84. The smallest absolute Gasteiger partial charge is 0.411 e. The maximum absolute atomic E-state index is 10.9. The summed E-state index contributed by atoms with van der Waals surface area (Å²) < 4.78 is 9.74. The zero-order valence-electron chi connectivity index (χ0n) is 8.77. The van der Waals surface area contributed by atoms with E-state index in [2.05, 4.69) is 10.1 Å². The lowest BCUT2D eigenvalue weighted by molar-refractivity contribution is 0.187. The van der Waals surface area contributed by atoms with Crippen LogP contribution in [0.25, 0.3) is 11.3 Å². The minimum atomic E-state index is -0.481. The van der Waals surface area contributed by atoms with Crippen molar-refractivity contribution < 1.29 is 13.9 Å². The van der Waals surface area contributed by atoms with E-state index in [1.807, 2.05) is 24.3 Å². The van der Waals surface area contributed by atoms with Gasteiger partial charge < -0.3 is 9.15 Å². The Morgan fingerprint density at radius 2 is 2.00 bits per heavy atom. The Balaban J connectivity index is 2.14. The molecule has 4 nitrogen and oxygen atoms in total. The van der Waals surface area contributed by atoms with Gasteiger partial charge in [-0.15, -0.1) is 0 Å². The molecule has 0 atom stereocenters. The largest absolute Gasteiger partial charge is 0.464 e. The van der Waals surface area contributed by atoms with E-state index in [1.165, 1.54) is 7.11 Å². The van der Waals surface area contributed by atoms with Crippen LogP contribution in [0.5, 0.6) is 0 Å². The zero-order valence-corrected chi connectivity index (χ0v) is 8.77. The summed E-state index contributed by atoms with van der Waals surface area (Å²) in [7, 11) is 1.33. The minimum Gasteiger partial charge on any atom is -0.464 e. The molecule has 1 amide bonds. The van der Waals surface area contributed by atoms with E-state index in [1.54, 1.807) is 18.4 Å². The lowest BCUT2D eigenvalue weighted by Gasteiger charge is -2.03. The number of carbonyl (C=O) groups excluding carboxylic acids is 1. The SMILES string of the molecule is COC(=O)Nc1ccc(-c2ccco2)cc1. The first-order chi connectivity index (χ1) is 7.79. The highest BCUT2D eigenvalue weighted by Crippen LogP contribution is 2.21. The molecule has 0 aliphatic heterocycles. The predicted molar refractivity (Wildman–Crippen MR) is 60.2 cm³/mol. The van der Waals surface area contributed by atoms with Gasteiger partial charge in [-0.05, 0) is 36.4 Å². The number of methoxy groups -OCH3 is 1. The molecule has 0 aliphatic carbocycles. The summed E-state index contributed by atoms with van der Waals surface area (Å²) in [6.45, 7) is 0.